The van der Waals surface area contributed by atoms with Gasteiger partial charge in [0.1, 0.15) is 11.5 Å². The fourth-order valence-electron chi connectivity index (χ4n) is 2.34. The molecule has 1 aliphatic heterocycles. The summed E-state index contributed by atoms with van der Waals surface area (Å²) in [4.78, 5) is 6.60. The topological polar surface area (TPSA) is 60.1 Å². The predicted molar refractivity (Wildman–Crippen MR) is 100 cm³/mol. The number of hydrogen-bond acceptors (Lipinski definition) is 3. The molecule has 1 aromatic rings. The quantitative estimate of drug-likeness (QED) is 0.334. The highest BCUT2D eigenvalue weighted by molar-refractivity contribution is 14.0. The van der Waals surface area contributed by atoms with Gasteiger partial charge in [-0.2, -0.15) is 0 Å². The van der Waals surface area contributed by atoms with Gasteiger partial charge in [0.2, 0.25) is 0 Å². The van der Waals surface area contributed by atoms with Gasteiger partial charge >= 0.3 is 0 Å². The highest BCUT2D eigenvalue weighted by Gasteiger charge is 2.11. The molecule has 124 valence electrons. The molecule has 0 atom stereocenters. The summed E-state index contributed by atoms with van der Waals surface area (Å²) in [5.41, 5.74) is 5.99. The van der Waals surface area contributed by atoms with Gasteiger partial charge in [-0.15, -0.1) is 24.0 Å². The minimum atomic E-state index is 0. The van der Waals surface area contributed by atoms with E-state index < -0.39 is 0 Å². The van der Waals surface area contributed by atoms with Crippen LogP contribution < -0.4 is 15.2 Å². The van der Waals surface area contributed by atoms with Gasteiger partial charge in [0, 0.05) is 26.1 Å². The molecule has 0 amide bonds. The third kappa shape index (κ3) is 6.29. The first kappa shape index (κ1) is 18.9. The molecule has 6 heteroatoms. The van der Waals surface area contributed by atoms with Crippen molar-refractivity contribution in [1.29, 1.82) is 0 Å². The number of halogens is 1. The van der Waals surface area contributed by atoms with Crippen LogP contribution in [0.4, 0.5) is 0 Å². The lowest BCUT2D eigenvalue weighted by atomic mass is 10.1. The highest BCUT2D eigenvalue weighted by Crippen LogP contribution is 2.17. The summed E-state index contributed by atoms with van der Waals surface area (Å²) in [7, 11) is 1.65. The molecular weight excluding hydrogens is 393 g/mol. The Kier molecular flexibility index (Phi) is 9.03. The Hall–Kier alpha value is -1.18. The predicted octanol–water partition coefficient (Wildman–Crippen LogP) is 2.88. The third-order valence-electron chi connectivity index (χ3n) is 3.58. The van der Waals surface area contributed by atoms with E-state index in [1.54, 1.807) is 7.11 Å². The van der Waals surface area contributed by atoms with Crippen LogP contribution in [-0.2, 0) is 0 Å². The average Bonchev–Trinajstić information content (AvgIpc) is 2.55. The number of hydrogen-bond donors (Lipinski definition) is 1. The molecule has 0 unspecified atom stereocenters. The third-order valence-corrected chi connectivity index (χ3v) is 3.58. The Balaban J connectivity index is 0.00000242. The normalized spacial score (nSPS) is 15.1. The maximum Gasteiger partial charge on any atom is 0.191 e. The maximum absolute atomic E-state index is 5.99. The zero-order valence-corrected chi connectivity index (χ0v) is 15.5. The van der Waals surface area contributed by atoms with Crippen molar-refractivity contribution < 1.29 is 9.47 Å². The lowest BCUT2D eigenvalue weighted by Gasteiger charge is -2.27. The number of aliphatic imine (C=N–C) groups is 1. The molecule has 0 spiro atoms. The van der Waals surface area contributed by atoms with Gasteiger partial charge in [0.25, 0.3) is 0 Å². The van der Waals surface area contributed by atoms with Gasteiger partial charge in [0.05, 0.1) is 13.7 Å². The molecule has 0 aliphatic carbocycles. The largest absolute Gasteiger partial charge is 0.497 e. The Labute approximate surface area is 149 Å². The summed E-state index contributed by atoms with van der Waals surface area (Å²) < 4.78 is 10.8. The number of methoxy groups -OCH3 is 1. The van der Waals surface area contributed by atoms with Crippen molar-refractivity contribution in [2.45, 2.75) is 25.7 Å². The zero-order valence-electron chi connectivity index (χ0n) is 13.2. The van der Waals surface area contributed by atoms with Gasteiger partial charge < -0.3 is 20.1 Å². The van der Waals surface area contributed by atoms with E-state index in [1.807, 2.05) is 24.3 Å². The Bertz CT molecular complexity index is 445. The molecule has 1 fully saturated rings. The van der Waals surface area contributed by atoms with Crippen LogP contribution in [0.2, 0.25) is 0 Å². The second kappa shape index (κ2) is 10.5. The van der Waals surface area contributed by atoms with Crippen molar-refractivity contribution in [2.75, 3.05) is 33.4 Å². The standard InChI is InChI=1S/C16H25N3O2.HI/c1-20-14-6-8-15(9-7-14)21-13-5-10-18-16(17)19-11-3-2-4-12-19;/h6-9H,2-5,10-13H2,1H3,(H2,17,18);1H. The SMILES string of the molecule is COc1ccc(OCCCN=C(N)N2CCCCC2)cc1.I. The van der Waals surface area contributed by atoms with E-state index in [4.69, 9.17) is 15.2 Å². The Morgan fingerprint density at radius 1 is 1.14 bits per heavy atom. The van der Waals surface area contributed by atoms with Crippen LogP contribution in [0.25, 0.3) is 0 Å². The lowest BCUT2D eigenvalue weighted by Crippen LogP contribution is -2.40. The van der Waals surface area contributed by atoms with E-state index in [0.29, 0.717) is 19.1 Å². The zero-order chi connectivity index (χ0) is 14.9. The molecule has 22 heavy (non-hydrogen) atoms. The second-order valence-electron chi connectivity index (χ2n) is 5.17. The lowest BCUT2D eigenvalue weighted by molar-refractivity contribution is 0.311. The van der Waals surface area contributed by atoms with Crippen LogP contribution in [-0.4, -0.2) is 44.2 Å². The number of ether oxygens (including phenoxy) is 2. The number of benzene rings is 1. The summed E-state index contributed by atoms with van der Waals surface area (Å²) in [6.45, 7) is 3.43. The molecule has 1 aromatic carbocycles. The van der Waals surface area contributed by atoms with E-state index in [0.717, 1.165) is 31.0 Å². The molecule has 0 bridgehead atoms. The molecule has 0 radical (unpaired) electrons. The van der Waals surface area contributed by atoms with Crippen LogP contribution in [0.5, 0.6) is 11.5 Å². The number of likely N-dealkylation sites (tertiary alicyclic amines) is 1. The van der Waals surface area contributed by atoms with Crippen molar-refractivity contribution in [1.82, 2.24) is 4.90 Å². The first-order valence-electron chi connectivity index (χ1n) is 7.61. The Morgan fingerprint density at radius 3 is 2.41 bits per heavy atom. The van der Waals surface area contributed by atoms with Crippen LogP contribution >= 0.6 is 24.0 Å². The van der Waals surface area contributed by atoms with Gasteiger partial charge in [-0.25, -0.2) is 0 Å². The highest BCUT2D eigenvalue weighted by atomic mass is 127. The monoisotopic (exact) mass is 419 g/mol. The molecule has 5 nitrogen and oxygen atoms in total. The van der Waals surface area contributed by atoms with Crippen LogP contribution in [0.3, 0.4) is 0 Å². The smallest absolute Gasteiger partial charge is 0.191 e. The van der Waals surface area contributed by atoms with Gasteiger partial charge in [0.15, 0.2) is 5.96 Å². The molecule has 2 rings (SSSR count). The number of guanidine groups is 1. The van der Waals surface area contributed by atoms with Gasteiger partial charge in [-0.3, -0.25) is 4.99 Å². The fraction of sp³-hybridized carbons (Fsp3) is 0.562. The van der Waals surface area contributed by atoms with Crippen molar-refractivity contribution in [2.24, 2.45) is 10.7 Å². The van der Waals surface area contributed by atoms with Gasteiger partial charge in [-0.05, 0) is 43.5 Å². The summed E-state index contributed by atoms with van der Waals surface area (Å²) >= 11 is 0. The van der Waals surface area contributed by atoms with Gasteiger partial charge in [-0.1, -0.05) is 0 Å². The van der Waals surface area contributed by atoms with Crippen molar-refractivity contribution in [3.8, 4) is 11.5 Å². The molecule has 1 heterocycles. The second-order valence-corrected chi connectivity index (χ2v) is 5.17. The van der Waals surface area contributed by atoms with E-state index in [1.165, 1.54) is 19.3 Å². The molecule has 0 aromatic heterocycles. The fourth-order valence-corrected chi connectivity index (χ4v) is 2.34. The minimum absolute atomic E-state index is 0. The number of piperidine rings is 1. The van der Waals surface area contributed by atoms with Crippen molar-refractivity contribution >= 4 is 29.9 Å². The van der Waals surface area contributed by atoms with Crippen molar-refractivity contribution in [3.63, 3.8) is 0 Å². The maximum atomic E-state index is 5.99. The summed E-state index contributed by atoms with van der Waals surface area (Å²) in [6, 6.07) is 7.60. The van der Waals surface area contributed by atoms with E-state index in [2.05, 4.69) is 9.89 Å². The first-order chi connectivity index (χ1) is 10.3. The number of nitrogens with zero attached hydrogens (tertiary/aromatic N) is 2. The van der Waals surface area contributed by atoms with Crippen LogP contribution in [0.15, 0.2) is 29.3 Å². The van der Waals surface area contributed by atoms with E-state index in [-0.39, 0.29) is 24.0 Å². The first-order valence-corrected chi connectivity index (χ1v) is 7.61. The van der Waals surface area contributed by atoms with Crippen LogP contribution in [0, 0.1) is 0 Å². The molecule has 2 N–H and O–H groups in total. The minimum Gasteiger partial charge on any atom is -0.497 e. The summed E-state index contributed by atoms with van der Waals surface area (Å²) in [5.74, 6) is 2.36. The van der Waals surface area contributed by atoms with E-state index in [9.17, 15) is 0 Å². The summed E-state index contributed by atoms with van der Waals surface area (Å²) in [5, 5.41) is 0. The van der Waals surface area contributed by atoms with Crippen LogP contribution in [0.1, 0.15) is 25.7 Å². The van der Waals surface area contributed by atoms with E-state index >= 15 is 0 Å². The summed E-state index contributed by atoms with van der Waals surface area (Å²) in [6.07, 6.45) is 4.60. The number of rotatable bonds is 6. The van der Waals surface area contributed by atoms with Crippen molar-refractivity contribution in [3.05, 3.63) is 24.3 Å². The molecular formula is C16H26IN3O2. The number of nitrogens with two attached hydrogens (primary N) is 1. The molecule has 0 saturated carbocycles. The molecule has 1 aliphatic rings. The Morgan fingerprint density at radius 2 is 1.77 bits per heavy atom. The molecule has 1 saturated heterocycles. The average molecular weight is 419 g/mol.